The van der Waals surface area contributed by atoms with Crippen molar-refractivity contribution in [1.82, 2.24) is 29.5 Å². The summed E-state index contributed by atoms with van der Waals surface area (Å²) in [5, 5.41) is 15.0. The van der Waals surface area contributed by atoms with Gasteiger partial charge in [0, 0.05) is 25.5 Å². The largest absolute Gasteiger partial charge is 0.322 e. The first kappa shape index (κ1) is 23.8. The number of benzene rings is 1. The third-order valence-corrected chi connectivity index (χ3v) is 8.06. The standard InChI is InChI=1S/C28H32FN7O/c1-18-11-28(12-18,27-34-32-17-35(27)2)21-7-4-8-22(10-21)33-26(37)23-9-20(14-30-13-19-5-3-6-19)16-36-24(29)15-31-25(23)36/h4,7-10,15-19,30H,3,5-6,11-14H2,1-2H3,(H,33,37). The van der Waals surface area contributed by atoms with E-state index in [0.29, 0.717) is 35.3 Å². The predicted octanol–water partition coefficient (Wildman–Crippen LogP) is 4.46. The van der Waals surface area contributed by atoms with E-state index in [0.717, 1.165) is 42.5 Å². The quantitative estimate of drug-likeness (QED) is 0.372. The second-order valence-electron chi connectivity index (χ2n) is 10.9. The number of nitrogens with one attached hydrogen (secondary N) is 2. The molecule has 2 fully saturated rings. The van der Waals surface area contributed by atoms with E-state index in [1.165, 1.54) is 23.7 Å². The highest BCUT2D eigenvalue weighted by Crippen LogP contribution is 2.51. The number of halogens is 1. The third-order valence-electron chi connectivity index (χ3n) is 8.06. The van der Waals surface area contributed by atoms with Crippen LogP contribution in [0.2, 0.25) is 0 Å². The lowest BCUT2D eigenvalue weighted by Crippen LogP contribution is -2.43. The Morgan fingerprint density at radius 1 is 1.24 bits per heavy atom. The van der Waals surface area contributed by atoms with E-state index >= 15 is 0 Å². The zero-order chi connectivity index (χ0) is 25.6. The smallest absolute Gasteiger partial charge is 0.259 e. The molecule has 2 N–H and O–H groups in total. The minimum atomic E-state index is -0.489. The van der Waals surface area contributed by atoms with E-state index in [2.05, 4.69) is 38.8 Å². The molecule has 0 bridgehead atoms. The van der Waals surface area contributed by atoms with Crippen molar-refractivity contribution in [2.45, 2.75) is 51.0 Å². The molecule has 3 heterocycles. The molecular weight excluding hydrogens is 469 g/mol. The summed E-state index contributed by atoms with van der Waals surface area (Å²) in [5.41, 5.74) is 3.05. The van der Waals surface area contributed by atoms with E-state index in [1.807, 2.05) is 35.9 Å². The monoisotopic (exact) mass is 501 g/mol. The van der Waals surface area contributed by atoms with Crippen LogP contribution in [0.4, 0.5) is 10.1 Å². The first-order valence-electron chi connectivity index (χ1n) is 13.1. The lowest BCUT2D eigenvalue weighted by molar-refractivity contribution is 0.102. The van der Waals surface area contributed by atoms with E-state index < -0.39 is 5.95 Å². The fraction of sp³-hybridized carbons (Fsp3) is 0.429. The van der Waals surface area contributed by atoms with Gasteiger partial charge in [-0.25, -0.2) is 4.98 Å². The maximum atomic E-state index is 14.5. The molecular formula is C28H32FN7O. The number of carbonyl (C=O) groups excluding carboxylic acids is 1. The van der Waals surface area contributed by atoms with Gasteiger partial charge in [0.2, 0.25) is 5.95 Å². The van der Waals surface area contributed by atoms with Crippen LogP contribution in [0.5, 0.6) is 0 Å². The summed E-state index contributed by atoms with van der Waals surface area (Å²) in [6, 6.07) is 9.75. The van der Waals surface area contributed by atoms with Crippen LogP contribution in [-0.2, 0) is 19.0 Å². The minimum absolute atomic E-state index is 0.225. The summed E-state index contributed by atoms with van der Waals surface area (Å²) in [4.78, 5) is 17.6. The van der Waals surface area contributed by atoms with Crippen LogP contribution in [0.25, 0.3) is 5.65 Å². The second kappa shape index (κ2) is 9.37. The van der Waals surface area contributed by atoms with Gasteiger partial charge in [0.15, 0.2) is 5.65 Å². The molecule has 0 spiro atoms. The van der Waals surface area contributed by atoms with Crippen molar-refractivity contribution < 1.29 is 9.18 Å². The van der Waals surface area contributed by atoms with Gasteiger partial charge in [0.25, 0.3) is 5.91 Å². The van der Waals surface area contributed by atoms with Gasteiger partial charge in [0.05, 0.1) is 17.2 Å². The normalized spacial score (nSPS) is 21.5. The highest BCUT2D eigenvalue weighted by atomic mass is 19.1. The van der Waals surface area contributed by atoms with Crippen molar-refractivity contribution >= 4 is 17.2 Å². The summed E-state index contributed by atoms with van der Waals surface area (Å²) >= 11 is 0. The van der Waals surface area contributed by atoms with Gasteiger partial charge in [0.1, 0.15) is 12.2 Å². The molecule has 0 aliphatic heterocycles. The lowest BCUT2D eigenvalue weighted by Gasteiger charge is -2.46. The lowest BCUT2D eigenvalue weighted by atomic mass is 9.58. The Morgan fingerprint density at radius 2 is 2.08 bits per heavy atom. The molecule has 192 valence electrons. The molecule has 2 aliphatic carbocycles. The number of fused-ring (bicyclic) bond motifs is 1. The van der Waals surface area contributed by atoms with Gasteiger partial charge < -0.3 is 15.2 Å². The van der Waals surface area contributed by atoms with E-state index in [4.69, 9.17) is 0 Å². The number of aryl methyl sites for hydroxylation is 1. The van der Waals surface area contributed by atoms with Gasteiger partial charge in [-0.15, -0.1) is 10.2 Å². The Labute approximate surface area is 215 Å². The summed E-state index contributed by atoms with van der Waals surface area (Å²) < 4.78 is 17.8. The van der Waals surface area contributed by atoms with Crippen molar-refractivity contribution in [3.8, 4) is 0 Å². The fourth-order valence-electron chi connectivity index (χ4n) is 5.98. The first-order valence-corrected chi connectivity index (χ1v) is 13.1. The van der Waals surface area contributed by atoms with Crippen LogP contribution < -0.4 is 10.6 Å². The molecule has 9 heteroatoms. The highest BCUT2D eigenvalue weighted by molar-refractivity contribution is 6.08. The van der Waals surface area contributed by atoms with E-state index in [-0.39, 0.29) is 11.3 Å². The fourth-order valence-corrected chi connectivity index (χ4v) is 5.98. The molecule has 3 aromatic heterocycles. The molecule has 37 heavy (non-hydrogen) atoms. The van der Waals surface area contributed by atoms with E-state index in [1.54, 1.807) is 12.5 Å². The number of nitrogens with zero attached hydrogens (tertiary/aromatic N) is 5. The maximum absolute atomic E-state index is 14.5. The van der Waals surface area contributed by atoms with E-state index in [9.17, 15) is 9.18 Å². The molecule has 0 saturated heterocycles. The van der Waals surface area contributed by atoms with Crippen LogP contribution in [0.1, 0.15) is 66.3 Å². The zero-order valence-electron chi connectivity index (χ0n) is 21.2. The first-order chi connectivity index (χ1) is 17.9. The van der Waals surface area contributed by atoms with Crippen molar-refractivity contribution in [2.24, 2.45) is 18.9 Å². The number of imidazole rings is 1. The van der Waals surface area contributed by atoms with Crippen molar-refractivity contribution in [3.63, 3.8) is 0 Å². The number of anilines is 1. The van der Waals surface area contributed by atoms with Crippen LogP contribution in [0.15, 0.2) is 49.1 Å². The topological polar surface area (TPSA) is 89.1 Å². The van der Waals surface area contributed by atoms with Crippen LogP contribution in [0, 0.1) is 17.8 Å². The third kappa shape index (κ3) is 4.31. The Hall–Kier alpha value is -3.59. The molecule has 6 rings (SSSR count). The molecule has 4 aromatic rings. The molecule has 1 amide bonds. The van der Waals surface area contributed by atoms with Crippen molar-refractivity contribution in [1.29, 1.82) is 0 Å². The molecule has 0 radical (unpaired) electrons. The summed E-state index contributed by atoms with van der Waals surface area (Å²) in [6.07, 6.45) is 10.3. The molecule has 2 aliphatic rings. The van der Waals surface area contributed by atoms with Crippen LogP contribution in [-0.4, -0.2) is 36.6 Å². The zero-order valence-corrected chi connectivity index (χ0v) is 21.2. The van der Waals surface area contributed by atoms with Gasteiger partial charge in [-0.2, -0.15) is 4.39 Å². The number of amides is 1. The highest BCUT2D eigenvalue weighted by Gasteiger charge is 2.48. The summed E-state index contributed by atoms with van der Waals surface area (Å²) in [7, 11) is 1.97. The number of hydrogen-bond donors (Lipinski definition) is 2. The van der Waals surface area contributed by atoms with Gasteiger partial charge in [-0.1, -0.05) is 25.5 Å². The molecule has 0 atom stereocenters. The van der Waals surface area contributed by atoms with Gasteiger partial charge in [-0.05, 0) is 73.4 Å². The minimum Gasteiger partial charge on any atom is -0.322 e. The molecule has 8 nitrogen and oxygen atoms in total. The Kier molecular flexibility index (Phi) is 6.03. The number of rotatable bonds is 8. The number of aromatic nitrogens is 5. The number of hydrogen-bond acceptors (Lipinski definition) is 5. The Bertz CT molecular complexity index is 1450. The molecule has 1 aromatic carbocycles. The van der Waals surface area contributed by atoms with Crippen LogP contribution in [0.3, 0.4) is 0 Å². The van der Waals surface area contributed by atoms with Crippen LogP contribution >= 0.6 is 0 Å². The average molecular weight is 502 g/mol. The molecule has 2 saturated carbocycles. The number of pyridine rings is 1. The Morgan fingerprint density at radius 3 is 2.78 bits per heavy atom. The SMILES string of the molecule is CC1CC(c2cccc(NC(=O)c3cc(CNCC4CCC4)cn4c(F)cnc34)c2)(c2nncn2C)C1. The van der Waals surface area contributed by atoms with Gasteiger partial charge in [-0.3, -0.25) is 9.20 Å². The van der Waals surface area contributed by atoms with Crippen molar-refractivity contribution in [2.75, 3.05) is 11.9 Å². The average Bonchev–Trinajstić information content (AvgIpc) is 3.43. The molecule has 0 unspecified atom stereocenters. The predicted molar refractivity (Wildman–Crippen MR) is 139 cm³/mol. The van der Waals surface area contributed by atoms with Crippen molar-refractivity contribution in [3.05, 3.63) is 77.5 Å². The maximum Gasteiger partial charge on any atom is 0.259 e. The summed E-state index contributed by atoms with van der Waals surface area (Å²) in [5.74, 6) is 1.43. The Balaban J connectivity index is 1.27. The summed E-state index contributed by atoms with van der Waals surface area (Å²) in [6.45, 7) is 3.74. The van der Waals surface area contributed by atoms with Gasteiger partial charge >= 0.3 is 0 Å². The number of carbonyl (C=O) groups is 1. The second-order valence-corrected chi connectivity index (χ2v) is 10.9.